The second kappa shape index (κ2) is 45.8. The Bertz CT molecular complexity index is 5870. The lowest BCUT2D eigenvalue weighted by Crippen LogP contribution is -2.26. The number of carbonyl (C=O) groups is 2. The fourth-order valence-electron chi connectivity index (χ4n) is 17.0. The largest absolute Gasteiger partial charge is 0.455 e. The number of rotatable bonds is 23. The third-order valence-electron chi connectivity index (χ3n) is 24.4. The summed E-state index contributed by atoms with van der Waals surface area (Å²) >= 11 is 5.35. The summed E-state index contributed by atoms with van der Waals surface area (Å²) in [7, 11) is 5.23. The maximum Gasteiger partial charge on any atom is 0.228 e. The Balaban J connectivity index is 0.000000154. The van der Waals surface area contributed by atoms with Crippen molar-refractivity contribution in [1.82, 2.24) is 113 Å². The van der Waals surface area contributed by atoms with Gasteiger partial charge in [-0.2, -0.15) is 25.4 Å². The van der Waals surface area contributed by atoms with Crippen molar-refractivity contribution >= 4 is 102 Å². The van der Waals surface area contributed by atoms with Gasteiger partial charge < -0.3 is 60.0 Å². The number of amides is 2. The fraction of sp³-hybridized carbons (Fsp3) is 0.546. The molecule has 8 N–H and O–H groups in total. The number of alkyl halides is 5. The Kier molecular flexibility index (Phi) is 35.2. The van der Waals surface area contributed by atoms with E-state index in [0.29, 0.717) is 110 Å². The molecular formula is C97H137BrF4IN27O5. The van der Waals surface area contributed by atoms with Gasteiger partial charge in [-0.15, -0.1) is 0 Å². The van der Waals surface area contributed by atoms with E-state index in [1.54, 1.807) is 54.5 Å². The molecule has 2 aliphatic carbocycles. The van der Waals surface area contributed by atoms with Gasteiger partial charge in [0.25, 0.3) is 0 Å². The maximum atomic E-state index is 12.9. The molecule has 32 nitrogen and oxygen atoms in total. The van der Waals surface area contributed by atoms with E-state index in [-0.39, 0.29) is 78.1 Å². The van der Waals surface area contributed by atoms with Crippen molar-refractivity contribution in [2.75, 3.05) is 132 Å². The van der Waals surface area contributed by atoms with Crippen LogP contribution in [0.3, 0.4) is 0 Å². The van der Waals surface area contributed by atoms with Gasteiger partial charge in [0, 0.05) is 231 Å². The summed E-state index contributed by atoms with van der Waals surface area (Å²) in [5, 5.41) is 39.1. The van der Waals surface area contributed by atoms with Gasteiger partial charge in [-0.1, -0.05) is 106 Å². The quantitative estimate of drug-likeness (QED) is 0.0135. The van der Waals surface area contributed by atoms with Crippen LogP contribution < -0.4 is 42.0 Å². The number of halogens is 6. The number of anilines is 5. The van der Waals surface area contributed by atoms with Crippen LogP contribution in [0.15, 0.2) is 114 Å². The number of hydroxylamine groups is 1. The first-order valence-corrected chi connectivity index (χ1v) is 48.9. The number of hydrogen-bond donors (Lipinski definition) is 7. The molecule has 2 amide bonds. The number of carbonyl (C=O) groups excluding carboxylic acids is 2. The first-order chi connectivity index (χ1) is 64.2. The van der Waals surface area contributed by atoms with Crippen molar-refractivity contribution < 1.29 is 41.8 Å². The topological polar surface area (TPSA) is 337 Å². The highest BCUT2D eigenvalue weighted by Gasteiger charge is 2.37. The van der Waals surface area contributed by atoms with Gasteiger partial charge in [0.1, 0.15) is 60.5 Å². The fourth-order valence-corrected chi connectivity index (χ4v) is 17.4. The van der Waals surface area contributed by atoms with Gasteiger partial charge in [0.05, 0.1) is 54.3 Å². The number of nitrogens with two attached hydrogens (primary N) is 1. The first kappa shape index (κ1) is 104. The molecule has 0 unspecified atom stereocenters. The van der Waals surface area contributed by atoms with Crippen LogP contribution in [0.5, 0.6) is 23.0 Å². The molecule has 4 saturated heterocycles. The van der Waals surface area contributed by atoms with E-state index in [0.717, 1.165) is 138 Å². The van der Waals surface area contributed by atoms with Gasteiger partial charge in [0.2, 0.25) is 17.8 Å². The number of nitrogens with zero attached hydrogens (tertiary/aromatic N) is 21. The minimum absolute atomic E-state index is 0.00545. The molecule has 135 heavy (non-hydrogen) atoms. The van der Waals surface area contributed by atoms with Gasteiger partial charge in [0.15, 0.2) is 33.5 Å². The zero-order valence-electron chi connectivity index (χ0n) is 81.6. The van der Waals surface area contributed by atoms with Crippen molar-refractivity contribution in [2.24, 2.45) is 25.9 Å². The number of likely N-dealkylation sites (tertiary alicyclic amines) is 3. The SMILES string of the molecule is CC(C)(C)c1cc(N)nn1[C@H]1CCN(CCF)C1.CNO.Cc1ccc(C)n1-c1cc(C(C)(C)C)n([C@H]2CCN(CCF)C2)n1.Cc1ccc(C)n1-c1cc(C(C)(C)C)n([C@H]2CCNC2)n1.Cn1c(Br)nc2ncc(Oc3ccnc(NC(=O)C4CC4)c3)cc21.Cn1c(Nc2cc(C(C)(C)C)n([C@H]3CCN(CCF)C3)n2)nc2ncc(Oc3ccnc(NC(=O)C4CC4)c3)cc21.FCCI. The van der Waals surface area contributed by atoms with Crippen LogP contribution in [0.4, 0.5) is 46.8 Å². The van der Waals surface area contributed by atoms with Crippen molar-refractivity contribution in [1.29, 1.82) is 0 Å². The average molecular weight is 2040 g/mol. The minimum atomic E-state index is -0.333. The Labute approximate surface area is 811 Å². The van der Waals surface area contributed by atoms with Gasteiger partial charge in [-0.3, -0.25) is 47.4 Å². The molecule has 0 aromatic carbocycles. The molecule has 0 spiro atoms. The van der Waals surface area contributed by atoms with E-state index < -0.39 is 0 Å². The van der Waals surface area contributed by atoms with Crippen LogP contribution in [0, 0.1) is 39.5 Å². The second-order valence-electron chi connectivity index (χ2n) is 39.4. The second-order valence-corrected chi connectivity index (χ2v) is 41.2. The molecule has 2 saturated carbocycles. The van der Waals surface area contributed by atoms with E-state index in [1.165, 1.54) is 41.2 Å². The Morgan fingerprint density at radius 1 is 0.496 bits per heavy atom. The molecule has 12 aromatic rings. The summed E-state index contributed by atoms with van der Waals surface area (Å²) in [5.74, 6) is 7.35. The normalized spacial score (nSPS) is 17.6. The number of ether oxygens (including phenoxy) is 2. The lowest BCUT2D eigenvalue weighted by atomic mass is 9.91. The third kappa shape index (κ3) is 27.2. The molecule has 18 rings (SSSR count). The number of fused-ring (bicyclic) bond motifs is 2. The first-order valence-electron chi connectivity index (χ1n) is 46.6. The number of aromatic nitrogens is 18. The lowest BCUT2D eigenvalue weighted by molar-refractivity contribution is -0.118. The molecule has 4 atom stereocenters. The predicted molar refractivity (Wildman–Crippen MR) is 535 cm³/mol. The van der Waals surface area contributed by atoms with Crippen LogP contribution >= 0.6 is 38.5 Å². The Morgan fingerprint density at radius 3 is 1.27 bits per heavy atom. The van der Waals surface area contributed by atoms with Crippen molar-refractivity contribution in [3.8, 4) is 34.6 Å². The van der Waals surface area contributed by atoms with E-state index in [4.69, 9.17) is 35.7 Å². The lowest BCUT2D eigenvalue weighted by Gasteiger charge is -2.23. The van der Waals surface area contributed by atoms with Gasteiger partial charge >= 0.3 is 0 Å². The maximum absolute atomic E-state index is 12.9. The molecule has 38 heteroatoms. The van der Waals surface area contributed by atoms with E-state index >= 15 is 0 Å². The molecule has 732 valence electrons. The summed E-state index contributed by atoms with van der Waals surface area (Å²) in [5.41, 5.74) is 20.2. The smallest absolute Gasteiger partial charge is 0.228 e. The number of hydrogen-bond acceptors (Lipinski definition) is 22. The van der Waals surface area contributed by atoms with E-state index in [2.05, 4.69) is 263 Å². The highest BCUT2D eigenvalue weighted by Crippen LogP contribution is 2.40. The summed E-state index contributed by atoms with van der Waals surface area (Å²) in [6, 6.07) is 29.0. The standard InChI is InChI=1S/C29H36FN9O2.C19H29FN4.C17H26N4.C16H14BrN5O2.C13H23FN4.C2H4FI.CH5NO/c1-29(2,3)23-15-25(36-39(23)19-8-11-38(17-19)12-9-30)34-28-35-26-22(37(28)4)13-21(16-32-26)41-20-7-10-31-24(14-20)33-27(40)18-5-6-18;1-14-6-7-15(2)23(14)18-12-17(19(3,4)5)24(21-18)16-8-10-22(13-16)11-9-20;1-12-6-7-13(2)20(12)16-10-15(17(3,4)5)21(19-16)14-8-9-18-11-14;1-22-12-6-11(8-19-14(12)21-16(22)17)24-10-4-5-18-13(7-10)20-15(23)9-2-3-9;1-13(2,3)11-8-12(15)16-18(11)10-4-6-17(9-10)7-5-14;3-1-2-4;1-2-3/h7,10,13-16,18-19H,5-6,8-9,11-12,17H2,1-4H3,(H,31,33,40)(H,32,34,35,36);6-7,12,16H,8-11,13H2,1-5H3;6-7,10,14,18H,8-9,11H2,1-5H3;4-9H,2-3H2,1H3,(H,18,20,23);8,10H,4-7,9H2,1-3H3,(H2,15,16);1-2H2;2-3H,1H3/t19-;16-;14-;;10-;;/m000.0../s1. The number of imidazole rings is 2. The van der Waals surface area contributed by atoms with Crippen LogP contribution in [0.2, 0.25) is 0 Å². The van der Waals surface area contributed by atoms with Crippen molar-refractivity contribution in [2.45, 2.75) is 208 Å². The molecule has 0 radical (unpaired) electrons. The van der Waals surface area contributed by atoms with E-state index in [9.17, 15) is 27.2 Å². The molecule has 0 bridgehead atoms. The molecule has 6 aliphatic rings. The monoisotopic (exact) mass is 2040 g/mol. The molecule has 6 fully saturated rings. The van der Waals surface area contributed by atoms with Gasteiger partial charge in [-0.25, -0.2) is 43.6 Å². The summed E-state index contributed by atoms with van der Waals surface area (Å²) in [6.07, 6.45) is 14.4. The molecular weight excluding hydrogens is 1910 g/mol. The highest BCUT2D eigenvalue weighted by atomic mass is 127. The van der Waals surface area contributed by atoms with Crippen molar-refractivity contribution in [3.05, 3.63) is 160 Å². The number of pyridine rings is 4. The zero-order chi connectivity index (χ0) is 97.5. The molecule has 16 heterocycles. The number of aryl methyl sites for hydroxylation is 6. The number of nitrogens with one attached hydrogen (secondary N) is 5. The van der Waals surface area contributed by atoms with Crippen LogP contribution in [-0.2, 0) is 45.3 Å². The zero-order valence-corrected chi connectivity index (χ0v) is 85.4. The summed E-state index contributed by atoms with van der Waals surface area (Å²) in [4.78, 5) is 56.6. The third-order valence-corrected chi connectivity index (χ3v) is 25.5. The predicted octanol–water partition coefficient (Wildman–Crippen LogP) is 18.1. The van der Waals surface area contributed by atoms with Crippen LogP contribution in [0.25, 0.3) is 34.0 Å². The molecule has 12 aromatic heterocycles. The molecule has 4 aliphatic heterocycles. The van der Waals surface area contributed by atoms with Crippen LogP contribution in [-0.4, -0.2) is 229 Å². The summed E-state index contributed by atoms with van der Waals surface area (Å²) in [6.45, 7) is 42.9. The van der Waals surface area contributed by atoms with Crippen molar-refractivity contribution in [3.63, 3.8) is 0 Å². The average Bonchev–Trinajstić information content (AvgIpc) is 1.62. The Morgan fingerprint density at radius 2 is 0.881 bits per heavy atom. The highest BCUT2D eigenvalue weighted by molar-refractivity contribution is 14.1. The summed E-state index contributed by atoms with van der Waals surface area (Å²) < 4.78 is 78.7. The number of nitrogen functional groups attached to an aromatic ring is 1. The Hall–Kier alpha value is -10.2. The van der Waals surface area contributed by atoms with Gasteiger partial charge in [-0.05, 0) is 138 Å². The van der Waals surface area contributed by atoms with Crippen LogP contribution in [0.1, 0.15) is 204 Å². The minimum Gasteiger partial charge on any atom is -0.455 e. The van der Waals surface area contributed by atoms with E-state index in [1.807, 2.05) is 68.7 Å².